The summed E-state index contributed by atoms with van der Waals surface area (Å²) in [5, 5.41) is 3.45. The van der Waals surface area contributed by atoms with Gasteiger partial charge in [-0.25, -0.2) is 0 Å². The second-order valence-corrected chi connectivity index (χ2v) is 5.35. The molecule has 0 aliphatic heterocycles. The number of methoxy groups -OCH3 is 1. The minimum atomic E-state index is 0.824. The Balaban J connectivity index is 1.98. The van der Waals surface area contributed by atoms with Crippen LogP contribution < -0.4 is 10.1 Å². The van der Waals surface area contributed by atoms with Crippen LogP contribution in [0, 0.1) is 0 Å². The molecular weight excluding hydrogens is 258 g/mol. The van der Waals surface area contributed by atoms with Crippen LogP contribution in [-0.2, 0) is 4.74 Å². The summed E-state index contributed by atoms with van der Waals surface area (Å²) in [6.45, 7) is 5.86. The van der Waals surface area contributed by atoms with Gasteiger partial charge in [-0.2, -0.15) is 0 Å². The molecule has 19 heavy (non-hydrogen) atoms. The first-order chi connectivity index (χ1) is 9.36. The van der Waals surface area contributed by atoms with Crippen molar-refractivity contribution >= 4 is 11.8 Å². The molecule has 0 spiro atoms. The molecule has 0 heterocycles. The summed E-state index contributed by atoms with van der Waals surface area (Å²) in [5.41, 5.74) is 0. The molecule has 1 aromatic carbocycles. The number of ether oxygens (including phenoxy) is 2. The fraction of sp³-hybridized carbons (Fsp3) is 0.600. The van der Waals surface area contributed by atoms with E-state index in [1.807, 2.05) is 30.8 Å². The molecule has 0 aliphatic rings. The number of unbranched alkanes of at least 4 members (excludes halogenated alkanes) is 1. The minimum Gasteiger partial charge on any atom is -0.497 e. The smallest absolute Gasteiger partial charge is 0.119 e. The third-order valence-corrected chi connectivity index (χ3v) is 3.68. The number of thioether (sulfide) groups is 1. The average Bonchev–Trinajstić information content (AvgIpc) is 2.46. The fourth-order valence-corrected chi connectivity index (χ4v) is 2.51. The van der Waals surface area contributed by atoms with E-state index in [0.717, 1.165) is 44.2 Å². The van der Waals surface area contributed by atoms with Crippen LogP contribution in [0.2, 0.25) is 0 Å². The van der Waals surface area contributed by atoms with E-state index in [-0.39, 0.29) is 0 Å². The van der Waals surface area contributed by atoms with Crippen molar-refractivity contribution in [3.05, 3.63) is 24.3 Å². The van der Waals surface area contributed by atoms with Gasteiger partial charge in [0.05, 0.1) is 7.11 Å². The quantitative estimate of drug-likeness (QED) is 0.499. The Morgan fingerprint density at radius 3 is 2.89 bits per heavy atom. The number of hydrogen-bond acceptors (Lipinski definition) is 4. The Labute approximate surface area is 121 Å². The zero-order valence-electron chi connectivity index (χ0n) is 12.0. The van der Waals surface area contributed by atoms with Crippen LogP contribution in [0.4, 0.5) is 0 Å². The first-order valence-electron chi connectivity index (χ1n) is 6.92. The van der Waals surface area contributed by atoms with Crippen LogP contribution in [0.15, 0.2) is 29.2 Å². The number of rotatable bonds is 11. The molecule has 0 aliphatic carbocycles. The maximum absolute atomic E-state index is 5.30. The van der Waals surface area contributed by atoms with Crippen LogP contribution in [-0.4, -0.2) is 39.2 Å². The van der Waals surface area contributed by atoms with Gasteiger partial charge < -0.3 is 14.8 Å². The maximum atomic E-state index is 5.30. The first kappa shape index (κ1) is 16.3. The topological polar surface area (TPSA) is 30.5 Å². The van der Waals surface area contributed by atoms with Crippen LogP contribution in [0.25, 0.3) is 0 Å². The van der Waals surface area contributed by atoms with Crippen LogP contribution in [0.3, 0.4) is 0 Å². The highest BCUT2D eigenvalue weighted by Gasteiger charge is 1.96. The highest BCUT2D eigenvalue weighted by Crippen LogP contribution is 2.22. The van der Waals surface area contributed by atoms with Crippen molar-refractivity contribution in [2.45, 2.75) is 24.7 Å². The van der Waals surface area contributed by atoms with E-state index in [1.54, 1.807) is 7.11 Å². The van der Waals surface area contributed by atoms with Crippen molar-refractivity contribution in [3.63, 3.8) is 0 Å². The molecule has 1 aromatic rings. The predicted molar refractivity (Wildman–Crippen MR) is 82.3 cm³/mol. The standard InChI is InChI=1S/C15H25NO2S/c1-3-18-11-5-4-9-16-10-12-19-15-8-6-7-14(13-15)17-2/h6-8,13,16H,3-5,9-12H2,1-2H3. The summed E-state index contributed by atoms with van der Waals surface area (Å²) in [4.78, 5) is 1.26. The normalized spacial score (nSPS) is 10.6. The molecule has 108 valence electrons. The summed E-state index contributed by atoms with van der Waals surface area (Å²) in [6, 6.07) is 8.20. The first-order valence-corrected chi connectivity index (χ1v) is 7.90. The Hall–Kier alpha value is -0.710. The summed E-state index contributed by atoms with van der Waals surface area (Å²) in [7, 11) is 1.70. The van der Waals surface area contributed by atoms with Gasteiger partial charge in [0.15, 0.2) is 0 Å². The highest BCUT2D eigenvalue weighted by atomic mass is 32.2. The van der Waals surface area contributed by atoms with E-state index >= 15 is 0 Å². The molecule has 1 rings (SSSR count). The molecule has 3 nitrogen and oxygen atoms in total. The van der Waals surface area contributed by atoms with Crippen molar-refractivity contribution < 1.29 is 9.47 Å². The SMILES string of the molecule is CCOCCCCNCCSc1cccc(OC)c1. The molecule has 4 heteroatoms. The molecule has 0 bridgehead atoms. The Morgan fingerprint density at radius 1 is 1.21 bits per heavy atom. The molecule has 0 amide bonds. The third-order valence-electron chi connectivity index (χ3n) is 2.69. The Morgan fingerprint density at radius 2 is 2.11 bits per heavy atom. The molecule has 0 saturated carbocycles. The molecule has 0 atom stereocenters. The van der Waals surface area contributed by atoms with E-state index < -0.39 is 0 Å². The second-order valence-electron chi connectivity index (χ2n) is 4.18. The molecule has 1 N–H and O–H groups in total. The minimum absolute atomic E-state index is 0.824. The lowest BCUT2D eigenvalue weighted by molar-refractivity contribution is 0.143. The van der Waals surface area contributed by atoms with Gasteiger partial charge in [0, 0.05) is 30.4 Å². The van der Waals surface area contributed by atoms with Crippen molar-refractivity contribution in [1.29, 1.82) is 0 Å². The summed E-state index contributed by atoms with van der Waals surface area (Å²) in [6.07, 6.45) is 2.33. The zero-order chi connectivity index (χ0) is 13.8. The van der Waals surface area contributed by atoms with Gasteiger partial charge in [-0.1, -0.05) is 6.07 Å². The highest BCUT2D eigenvalue weighted by molar-refractivity contribution is 7.99. The van der Waals surface area contributed by atoms with E-state index in [4.69, 9.17) is 9.47 Å². The van der Waals surface area contributed by atoms with Gasteiger partial charge in [-0.15, -0.1) is 11.8 Å². The number of hydrogen-bond donors (Lipinski definition) is 1. The Kier molecular flexibility index (Phi) is 9.59. The van der Waals surface area contributed by atoms with E-state index in [2.05, 4.69) is 17.4 Å². The number of benzene rings is 1. The van der Waals surface area contributed by atoms with E-state index in [0.29, 0.717) is 0 Å². The lowest BCUT2D eigenvalue weighted by Gasteiger charge is -2.06. The average molecular weight is 283 g/mol. The van der Waals surface area contributed by atoms with Crippen molar-refractivity contribution in [1.82, 2.24) is 5.32 Å². The third kappa shape index (κ3) is 8.14. The van der Waals surface area contributed by atoms with Crippen molar-refractivity contribution in [3.8, 4) is 5.75 Å². The largest absolute Gasteiger partial charge is 0.497 e. The molecular formula is C15H25NO2S. The monoisotopic (exact) mass is 283 g/mol. The maximum Gasteiger partial charge on any atom is 0.119 e. The van der Waals surface area contributed by atoms with Crippen molar-refractivity contribution in [2.75, 3.05) is 39.2 Å². The van der Waals surface area contributed by atoms with Gasteiger partial charge in [-0.3, -0.25) is 0 Å². The lowest BCUT2D eigenvalue weighted by atomic mass is 10.3. The molecule has 0 saturated heterocycles. The van der Waals surface area contributed by atoms with E-state index in [1.165, 1.54) is 11.3 Å². The fourth-order valence-electron chi connectivity index (χ4n) is 1.66. The van der Waals surface area contributed by atoms with Gasteiger partial charge in [-0.05, 0) is 44.5 Å². The molecule has 0 fully saturated rings. The van der Waals surface area contributed by atoms with Crippen LogP contribution in [0.5, 0.6) is 5.75 Å². The molecule has 0 radical (unpaired) electrons. The Bertz CT molecular complexity index is 334. The molecule has 0 unspecified atom stereocenters. The van der Waals surface area contributed by atoms with E-state index in [9.17, 15) is 0 Å². The summed E-state index contributed by atoms with van der Waals surface area (Å²) in [5.74, 6) is 2.01. The van der Waals surface area contributed by atoms with Gasteiger partial charge in [0.25, 0.3) is 0 Å². The number of nitrogens with one attached hydrogen (secondary N) is 1. The summed E-state index contributed by atoms with van der Waals surface area (Å²) >= 11 is 1.85. The lowest BCUT2D eigenvalue weighted by Crippen LogP contribution is -2.18. The van der Waals surface area contributed by atoms with Gasteiger partial charge in [0.2, 0.25) is 0 Å². The van der Waals surface area contributed by atoms with Crippen LogP contribution >= 0.6 is 11.8 Å². The van der Waals surface area contributed by atoms with Crippen LogP contribution in [0.1, 0.15) is 19.8 Å². The predicted octanol–water partition coefficient (Wildman–Crippen LogP) is 3.19. The zero-order valence-corrected chi connectivity index (χ0v) is 12.8. The van der Waals surface area contributed by atoms with Crippen molar-refractivity contribution in [2.24, 2.45) is 0 Å². The van der Waals surface area contributed by atoms with Gasteiger partial charge >= 0.3 is 0 Å². The molecule has 0 aromatic heterocycles. The second kappa shape index (κ2) is 11.1. The summed E-state index contributed by atoms with van der Waals surface area (Å²) < 4.78 is 10.5. The van der Waals surface area contributed by atoms with Gasteiger partial charge in [0.1, 0.15) is 5.75 Å².